The van der Waals surface area contributed by atoms with Crippen LogP contribution in [0.25, 0.3) is 11.4 Å². The van der Waals surface area contributed by atoms with E-state index in [2.05, 4.69) is 10.1 Å². The summed E-state index contributed by atoms with van der Waals surface area (Å²) >= 11 is 0. The predicted molar refractivity (Wildman–Crippen MR) is 107 cm³/mol. The lowest BCUT2D eigenvalue weighted by molar-refractivity contribution is 0.0706. The van der Waals surface area contributed by atoms with Crippen LogP contribution in [0.2, 0.25) is 0 Å². The number of rotatable bonds is 6. The third kappa shape index (κ3) is 3.68. The molecule has 1 atom stereocenters. The molecule has 1 aromatic heterocycles. The Bertz CT molecular complexity index is 1000. The number of amides is 1. The van der Waals surface area contributed by atoms with Crippen molar-refractivity contribution in [3.05, 3.63) is 60.0 Å². The smallest absolute Gasteiger partial charge is 0.258 e. The van der Waals surface area contributed by atoms with Gasteiger partial charge in [0.15, 0.2) is 0 Å². The van der Waals surface area contributed by atoms with Crippen LogP contribution in [0.3, 0.4) is 0 Å². The number of aromatic nitrogens is 2. The van der Waals surface area contributed by atoms with Gasteiger partial charge >= 0.3 is 0 Å². The maximum absolute atomic E-state index is 13.2. The molecule has 3 aromatic rings. The summed E-state index contributed by atoms with van der Waals surface area (Å²) in [6.07, 6.45) is 1.65. The highest BCUT2D eigenvalue weighted by Crippen LogP contribution is 2.35. The Morgan fingerprint density at radius 1 is 1.17 bits per heavy atom. The SMILES string of the molecule is CCOc1ccccc1C(=O)N1CCCC1c1nc(-c2ccccc2OC)no1. The number of methoxy groups -OCH3 is 1. The van der Waals surface area contributed by atoms with Gasteiger partial charge in [-0.2, -0.15) is 4.98 Å². The standard InChI is InChI=1S/C22H23N3O4/c1-3-28-19-13-7-5-10-16(19)22(26)25-14-8-11-17(25)21-23-20(24-29-21)15-9-4-6-12-18(15)27-2/h4-7,9-10,12-13,17H,3,8,11,14H2,1-2H3. The lowest BCUT2D eigenvalue weighted by Gasteiger charge is -2.23. The summed E-state index contributed by atoms with van der Waals surface area (Å²) in [6.45, 7) is 3.04. The molecule has 7 heteroatoms. The molecule has 4 rings (SSSR count). The van der Waals surface area contributed by atoms with Crippen LogP contribution in [-0.4, -0.2) is 41.2 Å². The number of hydrogen-bond donors (Lipinski definition) is 0. The summed E-state index contributed by atoms with van der Waals surface area (Å²) in [5.41, 5.74) is 1.30. The van der Waals surface area contributed by atoms with Gasteiger partial charge in [-0.05, 0) is 44.0 Å². The molecule has 1 unspecified atom stereocenters. The summed E-state index contributed by atoms with van der Waals surface area (Å²) < 4.78 is 16.6. The Kier molecular flexibility index (Phi) is 5.46. The second-order valence-electron chi connectivity index (χ2n) is 6.74. The molecule has 0 bridgehead atoms. The molecule has 2 heterocycles. The normalized spacial score (nSPS) is 16.1. The van der Waals surface area contributed by atoms with Crippen molar-refractivity contribution in [1.29, 1.82) is 0 Å². The highest BCUT2D eigenvalue weighted by molar-refractivity contribution is 5.97. The van der Waals surface area contributed by atoms with Crippen molar-refractivity contribution in [1.82, 2.24) is 15.0 Å². The van der Waals surface area contributed by atoms with Gasteiger partial charge in [0.05, 0.1) is 24.8 Å². The highest BCUT2D eigenvalue weighted by atomic mass is 16.5. The van der Waals surface area contributed by atoms with Crippen molar-refractivity contribution < 1.29 is 18.8 Å². The number of carbonyl (C=O) groups excluding carboxylic acids is 1. The van der Waals surface area contributed by atoms with E-state index < -0.39 is 0 Å². The zero-order valence-corrected chi connectivity index (χ0v) is 16.5. The van der Waals surface area contributed by atoms with E-state index in [1.807, 2.05) is 49.4 Å². The average molecular weight is 393 g/mol. The van der Waals surface area contributed by atoms with Crippen LogP contribution in [0, 0.1) is 0 Å². The lowest BCUT2D eigenvalue weighted by atomic mass is 10.1. The van der Waals surface area contributed by atoms with Gasteiger partial charge in [0.25, 0.3) is 5.91 Å². The monoisotopic (exact) mass is 393 g/mol. The molecule has 1 amide bonds. The molecule has 0 N–H and O–H groups in total. The Hall–Kier alpha value is -3.35. The first kappa shape index (κ1) is 19.0. The van der Waals surface area contributed by atoms with Crippen LogP contribution in [0.4, 0.5) is 0 Å². The quantitative estimate of drug-likeness (QED) is 0.627. The summed E-state index contributed by atoms with van der Waals surface area (Å²) in [7, 11) is 1.60. The van der Waals surface area contributed by atoms with Crippen molar-refractivity contribution >= 4 is 5.91 Å². The molecule has 0 radical (unpaired) electrons. The van der Waals surface area contributed by atoms with E-state index >= 15 is 0 Å². The van der Waals surface area contributed by atoms with Crippen LogP contribution in [0.5, 0.6) is 11.5 Å². The van der Waals surface area contributed by atoms with Crippen LogP contribution in [0.15, 0.2) is 53.1 Å². The minimum Gasteiger partial charge on any atom is -0.496 e. The van der Waals surface area contributed by atoms with Crippen LogP contribution in [0.1, 0.15) is 42.1 Å². The summed E-state index contributed by atoms with van der Waals surface area (Å²) in [4.78, 5) is 19.6. The Balaban J connectivity index is 1.61. The Morgan fingerprint density at radius 3 is 2.72 bits per heavy atom. The van der Waals surface area contributed by atoms with Gasteiger partial charge < -0.3 is 18.9 Å². The molecule has 1 aliphatic heterocycles. The third-order valence-corrected chi connectivity index (χ3v) is 5.01. The molecule has 29 heavy (non-hydrogen) atoms. The minimum atomic E-state index is -0.256. The predicted octanol–water partition coefficient (Wildman–Crippen LogP) is 4.12. The van der Waals surface area contributed by atoms with E-state index in [9.17, 15) is 4.79 Å². The summed E-state index contributed by atoms with van der Waals surface area (Å²) in [5, 5.41) is 4.12. The van der Waals surface area contributed by atoms with Crippen molar-refractivity contribution in [2.24, 2.45) is 0 Å². The lowest BCUT2D eigenvalue weighted by Crippen LogP contribution is -2.31. The number of para-hydroxylation sites is 2. The van der Waals surface area contributed by atoms with Gasteiger partial charge in [0, 0.05) is 6.54 Å². The van der Waals surface area contributed by atoms with Gasteiger partial charge in [-0.3, -0.25) is 4.79 Å². The van der Waals surface area contributed by atoms with Crippen molar-refractivity contribution in [2.75, 3.05) is 20.3 Å². The Labute approximate surface area is 169 Å². The molecule has 7 nitrogen and oxygen atoms in total. The van der Waals surface area contributed by atoms with E-state index in [4.69, 9.17) is 14.0 Å². The zero-order valence-electron chi connectivity index (χ0n) is 16.5. The summed E-state index contributed by atoms with van der Waals surface area (Å²) in [5.74, 6) is 2.06. The molecule has 1 aliphatic rings. The van der Waals surface area contributed by atoms with Crippen molar-refractivity contribution in [3.8, 4) is 22.9 Å². The van der Waals surface area contributed by atoms with Crippen LogP contribution in [-0.2, 0) is 0 Å². The zero-order chi connectivity index (χ0) is 20.2. The number of carbonyl (C=O) groups is 1. The number of hydrogen-bond acceptors (Lipinski definition) is 6. The third-order valence-electron chi connectivity index (χ3n) is 5.01. The molecule has 0 aliphatic carbocycles. The maximum Gasteiger partial charge on any atom is 0.258 e. The van der Waals surface area contributed by atoms with Crippen LogP contribution < -0.4 is 9.47 Å². The average Bonchev–Trinajstić information content (AvgIpc) is 3.43. The molecule has 2 aromatic carbocycles. The van der Waals surface area contributed by atoms with E-state index in [1.165, 1.54) is 0 Å². The minimum absolute atomic E-state index is 0.0893. The largest absolute Gasteiger partial charge is 0.496 e. The van der Waals surface area contributed by atoms with E-state index in [-0.39, 0.29) is 11.9 Å². The first-order chi connectivity index (χ1) is 14.2. The molecule has 0 spiro atoms. The fourth-order valence-electron chi connectivity index (χ4n) is 3.66. The molecule has 150 valence electrons. The topological polar surface area (TPSA) is 77.7 Å². The second kappa shape index (κ2) is 8.34. The van der Waals surface area contributed by atoms with Crippen molar-refractivity contribution in [3.63, 3.8) is 0 Å². The second-order valence-corrected chi connectivity index (χ2v) is 6.74. The first-order valence-corrected chi connectivity index (χ1v) is 9.72. The Morgan fingerprint density at radius 2 is 1.93 bits per heavy atom. The number of nitrogens with zero attached hydrogens (tertiary/aromatic N) is 3. The maximum atomic E-state index is 13.2. The first-order valence-electron chi connectivity index (χ1n) is 9.72. The highest BCUT2D eigenvalue weighted by Gasteiger charge is 2.35. The number of likely N-dealkylation sites (tertiary alicyclic amines) is 1. The van der Waals surface area contributed by atoms with Gasteiger partial charge in [-0.25, -0.2) is 0 Å². The fraction of sp³-hybridized carbons (Fsp3) is 0.318. The van der Waals surface area contributed by atoms with Crippen LogP contribution >= 0.6 is 0 Å². The molecular formula is C22H23N3O4. The van der Waals surface area contributed by atoms with Gasteiger partial charge in [-0.1, -0.05) is 29.4 Å². The number of ether oxygens (including phenoxy) is 2. The molecule has 1 fully saturated rings. The van der Waals surface area contributed by atoms with Crippen molar-refractivity contribution in [2.45, 2.75) is 25.8 Å². The van der Waals surface area contributed by atoms with E-state index in [1.54, 1.807) is 18.1 Å². The van der Waals surface area contributed by atoms with Gasteiger partial charge in [0.2, 0.25) is 11.7 Å². The van der Waals surface area contributed by atoms with E-state index in [0.717, 1.165) is 18.4 Å². The fourth-order valence-corrected chi connectivity index (χ4v) is 3.66. The summed E-state index contributed by atoms with van der Waals surface area (Å²) in [6, 6.07) is 14.6. The molecule has 0 saturated carbocycles. The molecule has 1 saturated heterocycles. The number of benzene rings is 2. The van der Waals surface area contributed by atoms with Gasteiger partial charge in [0.1, 0.15) is 17.5 Å². The van der Waals surface area contributed by atoms with E-state index in [0.29, 0.717) is 41.9 Å². The molecular weight excluding hydrogens is 370 g/mol. The van der Waals surface area contributed by atoms with Gasteiger partial charge in [-0.15, -0.1) is 0 Å².